The fraction of sp³-hybridized carbons (Fsp3) is 0.464. The quantitative estimate of drug-likeness (QED) is 0.353. The third-order valence-electron chi connectivity index (χ3n) is 5.63. The molecule has 7 nitrogen and oxygen atoms in total. The third-order valence-corrected chi connectivity index (χ3v) is 5.63. The van der Waals surface area contributed by atoms with Gasteiger partial charge in [0.25, 0.3) is 0 Å². The first kappa shape index (κ1) is 28.1. The van der Waals surface area contributed by atoms with Crippen molar-refractivity contribution < 1.29 is 14.4 Å². The van der Waals surface area contributed by atoms with Crippen LogP contribution in [0.15, 0.2) is 60.7 Å². The minimum atomic E-state index is -0.787. The molecule has 35 heavy (non-hydrogen) atoms. The molecule has 0 aliphatic heterocycles. The minimum Gasteiger partial charge on any atom is -0.350 e. The molecule has 0 aromatic heterocycles. The molecule has 0 radical (unpaired) electrons. The van der Waals surface area contributed by atoms with Gasteiger partial charge in [0.15, 0.2) is 0 Å². The molecule has 5 N–H and O–H groups in total. The van der Waals surface area contributed by atoms with E-state index in [0.29, 0.717) is 25.8 Å². The summed E-state index contributed by atoms with van der Waals surface area (Å²) in [7, 11) is 0. The van der Waals surface area contributed by atoms with Crippen molar-refractivity contribution in [3.05, 3.63) is 71.8 Å². The molecule has 2 aromatic carbocycles. The Hall–Kier alpha value is -3.19. The summed E-state index contributed by atoms with van der Waals surface area (Å²) >= 11 is 0. The standard InChI is InChI=1S/C28H40N4O3/c1-19(2)15-23(29)26(33)31-24(16-20(3)4)28(35)32-25(17-21-11-7-5-8-12-21)27(34)30-18-22-13-9-6-10-14-22/h5-14,19-20,23-25H,15-18,29H2,1-4H3,(H,30,34)(H,31,33)(H,32,35)/t23-,24+,25+/m1/s1. The second-order valence-electron chi connectivity index (χ2n) is 9.88. The maximum absolute atomic E-state index is 13.3. The summed E-state index contributed by atoms with van der Waals surface area (Å²) in [6.45, 7) is 8.31. The van der Waals surface area contributed by atoms with Crippen molar-refractivity contribution in [1.29, 1.82) is 0 Å². The Morgan fingerprint density at radius 3 is 1.74 bits per heavy atom. The second-order valence-corrected chi connectivity index (χ2v) is 9.88. The summed E-state index contributed by atoms with van der Waals surface area (Å²) in [5.41, 5.74) is 7.93. The molecule has 0 heterocycles. The summed E-state index contributed by atoms with van der Waals surface area (Å²) in [5.74, 6) is -0.604. The SMILES string of the molecule is CC(C)C[C@@H](N)C(=O)N[C@@H](CC(C)C)C(=O)N[C@@H](Cc1ccccc1)C(=O)NCc1ccccc1. The Morgan fingerprint density at radius 1 is 0.686 bits per heavy atom. The van der Waals surface area contributed by atoms with Gasteiger partial charge >= 0.3 is 0 Å². The van der Waals surface area contributed by atoms with Crippen LogP contribution >= 0.6 is 0 Å². The lowest BCUT2D eigenvalue weighted by Gasteiger charge is -2.25. The molecule has 0 fully saturated rings. The molecule has 0 saturated carbocycles. The Kier molecular flexibility index (Phi) is 11.4. The lowest BCUT2D eigenvalue weighted by molar-refractivity contribution is -0.132. The molecule has 0 spiro atoms. The van der Waals surface area contributed by atoms with Gasteiger partial charge in [-0.25, -0.2) is 0 Å². The normalized spacial score (nSPS) is 13.7. The Balaban J connectivity index is 2.14. The predicted octanol–water partition coefficient (Wildman–Crippen LogP) is 2.93. The van der Waals surface area contributed by atoms with E-state index in [1.165, 1.54) is 0 Å². The van der Waals surface area contributed by atoms with Gasteiger partial charge in [0.1, 0.15) is 12.1 Å². The minimum absolute atomic E-state index is 0.159. The number of nitrogens with two attached hydrogens (primary N) is 1. The van der Waals surface area contributed by atoms with Gasteiger partial charge in [0.05, 0.1) is 6.04 Å². The van der Waals surface area contributed by atoms with Crippen LogP contribution in [0.4, 0.5) is 0 Å². The van der Waals surface area contributed by atoms with E-state index in [1.54, 1.807) is 0 Å². The lowest BCUT2D eigenvalue weighted by atomic mass is 9.99. The van der Waals surface area contributed by atoms with Crippen molar-refractivity contribution >= 4 is 17.7 Å². The molecular formula is C28H40N4O3. The summed E-state index contributed by atoms with van der Waals surface area (Å²) in [4.78, 5) is 39.1. The van der Waals surface area contributed by atoms with Crippen molar-refractivity contribution in [2.24, 2.45) is 17.6 Å². The summed E-state index contributed by atoms with van der Waals surface area (Å²) < 4.78 is 0. The van der Waals surface area contributed by atoms with E-state index in [-0.39, 0.29) is 29.6 Å². The third kappa shape index (κ3) is 10.3. The zero-order valence-corrected chi connectivity index (χ0v) is 21.3. The van der Waals surface area contributed by atoms with E-state index in [0.717, 1.165) is 11.1 Å². The Bertz CT molecular complexity index is 932. The number of carbonyl (C=O) groups excluding carboxylic acids is 3. The molecule has 0 aliphatic rings. The molecule has 3 atom stereocenters. The zero-order chi connectivity index (χ0) is 25.8. The van der Waals surface area contributed by atoms with Crippen LogP contribution in [-0.4, -0.2) is 35.8 Å². The molecule has 0 aliphatic carbocycles. The highest BCUT2D eigenvalue weighted by Crippen LogP contribution is 2.10. The van der Waals surface area contributed by atoms with Crippen LogP contribution in [0.2, 0.25) is 0 Å². The average Bonchev–Trinajstić information content (AvgIpc) is 2.82. The van der Waals surface area contributed by atoms with Crippen molar-refractivity contribution in [3.63, 3.8) is 0 Å². The topological polar surface area (TPSA) is 113 Å². The Labute approximate surface area is 209 Å². The van der Waals surface area contributed by atoms with Gasteiger partial charge in [-0.1, -0.05) is 88.4 Å². The number of nitrogens with one attached hydrogen (secondary N) is 3. The first-order chi connectivity index (χ1) is 16.7. The van der Waals surface area contributed by atoms with Crippen molar-refractivity contribution in [2.45, 2.75) is 71.6 Å². The molecule has 7 heteroatoms. The number of amides is 3. The maximum Gasteiger partial charge on any atom is 0.243 e. The van der Waals surface area contributed by atoms with E-state index in [9.17, 15) is 14.4 Å². The smallest absolute Gasteiger partial charge is 0.243 e. The predicted molar refractivity (Wildman–Crippen MR) is 139 cm³/mol. The van der Waals surface area contributed by atoms with Gasteiger partial charge in [-0.2, -0.15) is 0 Å². The van der Waals surface area contributed by atoms with Crippen LogP contribution in [0.25, 0.3) is 0 Å². The van der Waals surface area contributed by atoms with Crippen molar-refractivity contribution in [1.82, 2.24) is 16.0 Å². The maximum atomic E-state index is 13.3. The molecule has 2 aromatic rings. The molecular weight excluding hydrogens is 440 g/mol. The summed E-state index contributed by atoms with van der Waals surface area (Å²) in [6.07, 6.45) is 1.30. The molecule has 3 amide bonds. The van der Waals surface area contributed by atoms with Gasteiger partial charge in [0.2, 0.25) is 17.7 Å². The fourth-order valence-electron chi connectivity index (χ4n) is 3.84. The van der Waals surface area contributed by atoms with E-state index in [4.69, 9.17) is 5.73 Å². The van der Waals surface area contributed by atoms with Crippen LogP contribution in [0.1, 0.15) is 51.7 Å². The molecule has 0 saturated heterocycles. The van der Waals surface area contributed by atoms with E-state index in [1.807, 2.05) is 88.4 Å². The van der Waals surface area contributed by atoms with Crippen molar-refractivity contribution in [3.8, 4) is 0 Å². The molecule has 190 valence electrons. The highest BCUT2D eigenvalue weighted by Gasteiger charge is 2.29. The molecule has 0 unspecified atom stereocenters. The van der Waals surface area contributed by atoms with Gasteiger partial charge in [-0.15, -0.1) is 0 Å². The number of rotatable bonds is 13. The van der Waals surface area contributed by atoms with Crippen LogP contribution in [0, 0.1) is 11.8 Å². The van der Waals surface area contributed by atoms with Crippen LogP contribution in [0.5, 0.6) is 0 Å². The van der Waals surface area contributed by atoms with E-state index < -0.39 is 18.1 Å². The second kappa shape index (κ2) is 14.3. The highest BCUT2D eigenvalue weighted by molar-refractivity contribution is 5.93. The number of hydrogen-bond donors (Lipinski definition) is 4. The van der Waals surface area contributed by atoms with Gasteiger partial charge in [-0.05, 0) is 35.8 Å². The first-order valence-electron chi connectivity index (χ1n) is 12.4. The average molecular weight is 481 g/mol. The van der Waals surface area contributed by atoms with Gasteiger partial charge < -0.3 is 21.7 Å². The van der Waals surface area contributed by atoms with Crippen LogP contribution in [-0.2, 0) is 27.3 Å². The fourth-order valence-corrected chi connectivity index (χ4v) is 3.84. The highest BCUT2D eigenvalue weighted by atomic mass is 16.2. The van der Waals surface area contributed by atoms with E-state index >= 15 is 0 Å². The lowest BCUT2D eigenvalue weighted by Crippen LogP contribution is -2.56. The van der Waals surface area contributed by atoms with Gasteiger partial charge in [-0.3, -0.25) is 14.4 Å². The first-order valence-corrected chi connectivity index (χ1v) is 12.4. The molecule has 0 bridgehead atoms. The van der Waals surface area contributed by atoms with Crippen LogP contribution in [0.3, 0.4) is 0 Å². The molecule has 2 rings (SSSR count). The number of carbonyl (C=O) groups is 3. The van der Waals surface area contributed by atoms with Crippen LogP contribution < -0.4 is 21.7 Å². The van der Waals surface area contributed by atoms with Crippen molar-refractivity contribution in [2.75, 3.05) is 0 Å². The Morgan fingerprint density at radius 2 is 1.20 bits per heavy atom. The van der Waals surface area contributed by atoms with Gasteiger partial charge in [0, 0.05) is 13.0 Å². The largest absolute Gasteiger partial charge is 0.350 e. The zero-order valence-electron chi connectivity index (χ0n) is 21.3. The van der Waals surface area contributed by atoms with E-state index in [2.05, 4.69) is 16.0 Å². The number of hydrogen-bond acceptors (Lipinski definition) is 4. The number of benzene rings is 2. The summed E-state index contributed by atoms with van der Waals surface area (Å²) in [5, 5.41) is 8.62. The monoisotopic (exact) mass is 480 g/mol. The summed E-state index contributed by atoms with van der Waals surface area (Å²) in [6, 6.07) is 16.9.